The average Bonchev–Trinajstić information content (AvgIpc) is 2.66. The minimum atomic E-state index is -0.966. The van der Waals surface area contributed by atoms with E-state index in [2.05, 4.69) is 22.0 Å². The molecule has 2 N–H and O–H groups in total. The molecule has 6 nitrogen and oxygen atoms in total. The van der Waals surface area contributed by atoms with E-state index in [1.54, 1.807) is 17.3 Å². The van der Waals surface area contributed by atoms with Crippen molar-refractivity contribution in [3.05, 3.63) is 78.3 Å². The van der Waals surface area contributed by atoms with Gasteiger partial charge in [-0.3, -0.25) is 9.99 Å². The van der Waals surface area contributed by atoms with Crippen molar-refractivity contribution in [2.45, 2.75) is 26.2 Å². The molecule has 144 valence electrons. The predicted molar refractivity (Wildman–Crippen MR) is 111 cm³/mol. The van der Waals surface area contributed by atoms with Gasteiger partial charge in [0.2, 0.25) is 0 Å². The Balaban J connectivity index is 2.72. The molecule has 27 heavy (non-hydrogen) atoms. The van der Waals surface area contributed by atoms with E-state index in [0.29, 0.717) is 12.4 Å². The summed E-state index contributed by atoms with van der Waals surface area (Å²) in [5, 5.41) is 18.4. The molecule has 1 heterocycles. The van der Waals surface area contributed by atoms with Crippen LogP contribution in [0.4, 0.5) is 0 Å². The fourth-order valence-electron chi connectivity index (χ4n) is 2.08. The number of nitrogens with zero attached hydrogens (tertiary/aromatic N) is 3. The second kappa shape index (κ2) is 12.4. The SMILES string of the molecule is C=C(/C=C\C=C/C)C/C=C\N(CNC)/N=C\C(C)c1cc(C(=O)O)ccn1. The van der Waals surface area contributed by atoms with Gasteiger partial charge >= 0.3 is 5.97 Å². The highest BCUT2D eigenvalue weighted by Crippen LogP contribution is 2.12. The van der Waals surface area contributed by atoms with Crippen LogP contribution in [-0.4, -0.2) is 41.0 Å². The van der Waals surface area contributed by atoms with E-state index < -0.39 is 5.97 Å². The molecule has 0 bridgehead atoms. The lowest BCUT2D eigenvalue weighted by Crippen LogP contribution is -2.23. The molecule has 0 fully saturated rings. The number of hydrazone groups is 1. The second-order valence-electron chi connectivity index (χ2n) is 5.91. The lowest BCUT2D eigenvalue weighted by Gasteiger charge is -2.14. The molecule has 1 unspecified atom stereocenters. The third kappa shape index (κ3) is 8.78. The molecule has 1 atom stereocenters. The van der Waals surface area contributed by atoms with Crippen LogP contribution in [0.2, 0.25) is 0 Å². The van der Waals surface area contributed by atoms with E-state index in [0.717, 1.165) is 12.0 Å². The first-order chi connectivity index (χ1) is 13.0. The van der Waals surface area contributed by atoms with Crippen molar-refractivity contribution in [1.29, 1.82) is 0 Å². The van der Waals surface area contributed by atoms with Crippen LogP contribution in [0.3, 0.4) is 0 Å². The number of pyridine rings is 1. The smallest absolute Gasteiger partial charge is 0.335 e. The van der Waals surface area contributed by atoms with Crippen LogP contribution >= 0.6 is 0 Å². The number of carbonyl (C=O) groups is 1. The third-order valence-electron chi connectivity index (χ3n) is 3.55. The number of carboxylic acid groups (broad SMARTS) is 1. The highest BCUT2D eigenvalue weighted by atomic mass is 16.4. The zero-order chi connectivity index (χ0) is 20.1. The Kier molecular flexibility index (Phi) is 10.1. The van der Waals surface area contributed by atoms with Gasteiger partial charge in [-0.1, -0.05) is 49.5 Å². The van der Waals surface area contributed by atoms with Crippen LogP contribution in [0.25, 0.3) is 0 Å². The second-order valence-corrected chi connectivity index (χ2v) is 5.91. The van der Waals surface area contributed by atoms with Crippen molar-refractivity contribution < 1.29 is 9.90 Å². The highest BCUT2D eigenvalue weighted by molar-refractivity contribution is 5.87. The number of carboxylic acids is 1. The van der Waals surface area contributed by atoms with Crippen molar-refractivity contribution >= 4 is 12.2 Å². The van der Waals surface area contributed by atoms with Gasteiger partial charge in [0.25, 0.3) is 0 Å². The van der Waals surface area contributed by atoms with Crippen LogP contribution in [0, 0.1) is 0 Å². The van der Waals surface area contributed by atoms with Gasteiger partial charge in [-0.15, -0.1) is 0 Å². The summed E-state index contributed by atoms with van der Waals surface area (Å²) in [6.07, 6.45) is 15.7. The topological polar surface area (TPSA) is 77.8 Å². The number of aromatic carboxylic acids is 1. The Labute approximate surface area is 161 Å². The Hall–Kier alpha value is -2.99. The van der Waals surface area contributed by atoms with Crippen LogP contribution in [0.15, 0.2) is 72.2 Å². The van der Waals surface area contributed by atoms with Crippen LogP contribution in [-0.2, 0) is 0 Å². The first-order valence-corrected chi connectivity index (χ1v) is 8.76. The van der Waals surface area contributed by atoms with Gasteiger partial charge in [-0.2, -0.15) is 5.10 Å². The molecule has 0 aliphatic carbocycles. The molecular weight excluding hydrogens is 340 g/mol. The molecule has 1 aromatic rings. The summed E-state index contributed by atoms with van der Waals surface area (Å²) in [5.74, 6) is -1.08. The maximum absolute atomic E-state index is 11.1. The summed E-state index contributed by atoms with van der Waals surface area (Å²) in [5.41, 5.74) is 1.88. The molecule has 0 aliphatic heterocycles. The largest absolute Gasteiger partial charge is 0.478 e. The predicted octanol–water partition coefficient (Wildman–Crippen LogP) is 3.94. The number of nitrogens with one attached hydrogen (secondary N) is 1. The number of hydrogen-bond donors (Lipinski definition) is 2. The summed E-state index contributed by atoms with van der Waals surface area (Å²) in [4.78, 5) is 15.3. The summed E-state index contributed by atoms with van der Waals surface area (Å²) in [7, 11) is 1.84. The molecule has 0 aromatic carbocycles. The van der Waals surface area contributed by atoms with E-state index in [9.17, 15) is 4.79 Å². The quantitative estimate of drug-likeness (QED) is 0.268. The molecule has 6 heteroatoms. The maximum atomic E-state index is 11.1. The molecular formula is C21H28N4O2. The van der Waals surface area contributed by atoms with Crippen molar-refractivity contribution in [1.82, 2.24) is 15.3 Å². The van der Waals surface area contributed by atoms with Gasteiger partial charge in [0.1, 0.15) is 0 Å². The highest BCUT2D eigenvalue weighted by Gasteiger charge is 2.09. The van der Waals surface area contributed by atoms with Crippen molar-refractivity contribution in [2.75, 3.05) is 13.7 Å². The molecule has 1 aromatic heterocycles. The third-order valence-corrected chi connectivity index (χ3v) is 3.55. The lowest BCUT2D eigenvalue weighted by molar-refractivity contribution is 0.0696. The molecule has 0 amide bonds. The Morgan fingerprint density at radius 2 is 2.26 bits per heavy atom. The summed E-state index contributed by atoms with van der Waals surface area (Å²) in [6, 6.07) is 3.04. The molecule has 0 aliphatic rings. The Morgan fingerprint density at radius 1 is 1.48 bits per heavy atom. The fourth-order valence-corrected chi connectivity index (χ4v) is 2.08. The molecule has 0 spiro atoms. The summed E-state index contributed by atoms with van der Waals surface area (Å²) >= 11 is 0. The van der Waals surface area contributed by atoms with E-state index in [1.807, 2.05) is 57.5 Å². The first-order valence-electron chi connectivity index (χ1n) is 8.76. The minimum Gasteiger partial charge on any atom is -0.478 e. The van der Waals surface area contributed by atoms with Crippen LogP contribution in [0.5, 0.6) is 0 Å². The van der Waals surface area contributed by atoms with Gasteiger partial charge in [0.05, 0.1) is 12.2 Å². The van der Waals surface area contributed by atoms with E-state index in [1.165, 1.54) is 12.3 Å². The Morgan fingerprint density at radius 3 is 2.93 bits per heavy atom. The monoisotopic (exact) mass is 368 g/mol. The van der Waals surface area contributed by atoms with Crippen LogP contribution < -0.4 is 5.32 Å². The first kappa shape index (κ1) is 22.1. The van der Waals surface area contributed by atoms with Gasteiger partial charge < -0.3 is 10.4 Å². The fraction of sp³-hybridized carbons (Fsp3) is 0.286. The number of allylic oxidation sites excluding steroid dienone is 6. The number of aromatic nitrogens is 1. The summed E-state index contributed by atoms with van der Waals surface area (Å²) < 4.78 is 0. The molecule has 0 radical (unpaired) electrons. The molecule has 0 saturated heterocycles. The van der Waals surface area contributed by atoms with Gasteiger partial charge in [0.15, 0.2) is 0 Å². The zero-order valence-corrected chi connectivity index (χ0v) is 16.2. The molecule has 0 saturated carbocycles. The average molecular weight is 368 g/mol. The molecule has 1 rings (SSSR count). The normalized spacial score (nSPS) is 13.1. The standard InChI is InChI=1S/C21H28N4O2/c1-5-6-7-9-17(2)10-8-13-25(16-22-4)24-15-18(3)20-14-19(21(26)27)11-12-23-20/h5-9,11-15,18,22H,2,10,16H2,1,3-4H3,(H,26,27)/b6-5-,9-7-,13-8-,24-15-. The van der Waals surface area contributed by atoms with Gasteiger partial charge in [-0.05, 0) is 32.5 Å². The van der Waals surface area contributed by atoms with Gasteiger partial charge in [0, 0.05) is 30.2 Å². The van der Waals surface area contributed by atoms with Crippen molar-refractivity contribution in [3.8, 4) is 0 Å². The number of rotatable bonds is 11. The van der Waals surface area contributed by atoms with Crippen molar-refractivity contribution in [2.24, 2.45) is 5.10 Å². The van der Waals surface area contributed by atoms with E-state index in [4.69, 9.17) is 5.11 Å². The number of hydrogen-bond acceptors (Lipinski definition) is 5. The van der Waals surface area contributed by atoms with Crippen LogP contribution in [0.1, 0.15) is 42.2 Å². The minimum absolute atomic E-state index is 0.115. The zero-order valence-electron chi connectivity index (χ0n) is 16.2. The van der Waals surface area contributed by atoms with E-state index in [-0.39, 0.29) is 11.5 Å². The van der Waals surface area contributed by atoms with Crippen molar-refractivity contribution in [3.63, 3.8) is 0 Å². The Bertz CT molecular complexity index is 735. The summed E-state index contributed by atoms with van der Waals surface area (Å²) in [6.45, 7) is 8.44. The van der Waals surface area contributed by atoms with Gasteiger partial charge in [-0.25, -0.2) is 4.79 Å². The van der Waals surface area contributed by atoms with E-state index >= 15 is 0 Å². The maximum Gasteiger partial charge on any atom is 0.335 e. The lowest BCUT2D eigenvalue weighted by atomic mass is 10.1.